The van der Waals surface area contributed by atoms with E-state index in [-0.39, 0.29) is 12.2 Å². The second-order valence-corrected chi connectivity index (χ2v) is 4.47. The lowest BCUT2D eigenvalue weighted by atomic mass is 10.1. The van der Waals surface area contributed by atoms with Gasteiger partial charge in [0.2, 0.25) is 0 Å². The molecule has 0 aliphatic heterocycles. The maximum absolute atomic E-state index is 12.1. The lowest BCUT2D eigenvalue weighted by Crippen LogP contribution is -2.10. The number of aromatic nitrogens is 2. The summed E-state index contributed by atoms with van der Waals surface area (Å²) in [6, 6.07) is 7.26. The monoisotopic (exact) mass is 268 g/mol. The van der Waals surface area contributed by atoms with E-state index in [0.717, 1.165) is 5.56 Å². The fourth-order valence-electron chi connectivity index (χ4n) is 1.62. The number of hydrogen-bond donors (Lipinski definition) is 0. The number of aryl methyl sites for hydroxylation is 1. The van der Waals surface area contributed by atoms with Gasteiger partial charge in [-0.25, -0.2) is 0 Å². The Hall–Kier alpha value is -1.32. The van der Waals surface area contributed by atoms with Crippen LogP contribution in [0.4, 0.5) is 0 Å². The summed E-state index contributed by atoms with van der Waals surface area (Å²) in [7, 11) is 1.69. The summed E-state index contributed by atoms with van der Waals surface area (Å²) in [6.45, 7) is 0. The van der Waals surface area contributed by atoms with Crippen LogP contribution in [0.3, 0.4) is 0 Å². The van der Waals surface area contributed by atoms with Gasteiger partial charge in [-0.3, -0.25) is 9.48 Å². The Morgan fingerprint density at radius 3 is 2.59 bits per heavy atom. The first-order valence-electron chi connectivity index (χ1n) is 5.03. The molecule has 0 N–H and O–H groups in total. The lowest BCUT2D eigenvalue weighted by Gasteiger charge is -2.04. The molecule has 2 rings (SSSR count). The summed E-state index contributed by atoms with van der Waals surface area (Å²) in [5.74, 6) is -0.0944. The minimum Gasteiger partial charge on any atom is -0.292 e. The van der Waals surface area contributed by atoms with E-state index in [1.54, 1.807) is 13.1 Å². The average molecular weight is 269 g/mol. The normalized spacial score (nSPS) is 10.5. The van der Waals surface area contributed by atoms with Crippen LogP contribution in [0.1, 0.15) is 16.1 Å². The number of halogens is 2. The molecule has 2 aromatic rings. The van der Waals surface area contributed by atoms with Gasteiger partial charge in [0.05, 0.1) is 11.2 Å². The number of nitrogens with zero attached hydrogens (tertiary/aromatic N) is 2. The molecular weight excluding hydrogens is 259 g/mol. The van der Waals surface area contributed by atoms with Crippen LogP contribution in [0.2, 0.25) is 10.0 Å². The lowest BCUT2D eigenvalue weighted by molar-refractivity contribution is 0.0984. The Balaban J connectivity index is 2.27. The van der Waals surface area contributed by atoms with Gasteiger partial charge in [0.15, 0.2) is 5.78 Å². The van der Waals surface area contributed by atoms with E-state index < -0.39 is 0 Å². The van der Waals surface area contributed by atoms with E-state index in [0.29, 0.717) is 15.7 Å². The van der Waals surface area contributed by atoms with E-state index in [9.17, 15) is 4.79 Å². The van der Waals surface area contributed by atoms with Crippen LogP contribution in [0.25, 0.3) is 0 Å². The first kappa shape index (κ1) is 12.1. The Labute approximate surface area is 109 Å². The molecule has 0 saturated carbocycles. The average Bonchev–Trinajstić information content (AvgIpc) is 2.62. The molecule has 88 valence electrons. The van der Waals surface area contributed by atoms with Crippen LogP contribution in [-0.4, -0.2) is 15.6 Å². The maximum atomic E-state index is 12.1. The third kappa shape index (κ3) is 2.51. The van der Waals surface area contributed by atoms with Crippen molar-refractivity contribution in [2.24, 2.45) is 7.05 Å². The number of rotatable bonds is 3. The number of Topliss-reactive ketones (excluding diaryl/α,β-unsaturated/α-hetero) is 1. The second kappa shape index (κ2) is 4.90. The standard InChI is InChI=1S/C12H10Cl2N2O/c1-16-12(10(14)7-15-16)11(17)6-8-4-2-3-5-9(8)13/h2-5,7H,6H2,1H3. The third-order valence-corrected chi connectivity index (χ3v) is 3.11. The first-order valence-corrected chi connectivity index (χ1v) is 5.79. The topological polar surface area (TPSA) is 34.9 Å². The third-order valence-electron chi connectivity index (χ3n) is 2.47. The van der Waals surface area contributed by atoms with Crippen molar-refractivity contribution >= 4 is 29.0 Å². The number of ketones is 1. The molecule has 0 saturated heterocycles. The Bertz CT molecular complexity index is 544. The molecule has 0 fully saturated rings. The van der Waals surface area contributed by atoms with Crippen molar-refractivity contribution < 1.29 is 4.79 Å². The molecule has 0 radical (unpaired) electrons. The largest absolute Gasteiger partial charge is 0.292 e. The van der Waals surface area contributed by atoms with Gasteiger partial charge >= 0.3 is 0 Å². The van der Waals surface area contributed by atoms with Crippen LogP contribution in [0, 0.1) is 0 Å². The zero-order valence-corrected chi connectivity index (χ0v) is 10.7. The molecule has 0 aliphatic carbocycles. The van der Waals surface area contributed by atoms with Crippen LogP contribution in [0.5, 0.6) is 0 Å². The van der Waals surface area contributed by atoms with Gasteiger partial charge in [-0.1, -0.05) is 41.4 Å². The molecule has 0 aliphatic rings. The molecular formula is C12H10Cl2N2O. The number of carbonyl (C=O) groups excluding carboxylic acids is 1. The van der Waals surface area contributed by atoms with Gasteiger partial charge < -0.3 is 0 Å². The van der Waals surface area contributed by atoms with Gasteiger partial charge in [-0.05, 0) is 11.6 Å². The van der Waals surface area contributed by atoms with Crippen molar-refractivity contribution in [3.8, 4) is 0 Å². The Kier molecular flexibility index (Phi) is 3.50. The van der Waals surface area contributed by atoms with Crippen molar-refractivity contribution in [2.75, 3.05) is 0 Å². The van der Waals surface area contributed by atoms with Gasteiger partial charge in [-0.2, -0.15) is 5.10 Å². The van der Waals surface area contributed by atoms with Gasteiger partial charge in [0.1, 0.15) is 5.69 Å². The summed E-state index contributed by atoms with van der Waals surface area (Å²) in [4.78, 5) is 12.1. The molecule has 0 spiro atoms. The molecule has 0 amide bonds. The highest BCUT2D eigenvalue weighted by Crippen LogP contribution is 2.20. The van der Waals surface area contributed by atoms with Crippen LogP contribution in [0.15, 0.2) is 30.5 Å². The van der Waals surface area contributed by atoms with E-state index in [4.69, 9.17) is 23.2 Å². The molecule has 5 heteroatoms. The summed E-state index contributed by atoms with van der Waals surface area (Å²) < 4.78 is 1.47. The van der Waals surface area contributed by atoms with Crippen molar-refractivity contribution in [3.05, 3.63) is 51.8 Å². The highest BCUT2D eigenvalue weighted by molar-refractivity contribution is 6.34. The zero-order valence-electron chi connectivity index (χ0n) is 9.15. The molecule has 1 heterocycles. The molecule has 0 unspecified atom stereocenters. The molecule has 0 bridgehead atoms. The first-order chi connectivity index (χ1) is 8.09. The minimum atomic E-state index is -0.0944. The van der Waals surface area contributed by atoms with Crippen molar-refractivity contribution in [1.82, 2.24) is 9.78 Å². The minimum absolute atomic E-state index is 0.0944. The summed E-state index contributed by atoms with van der Waals surface area (Å²) >= 11 is 11.9. The van der Waals surface area contributed by atoms with Crippen molar-refractivity contribution in [3.63, 3.8) is 0 Å². The quantitative estimate of drug-likeness (QED) is 0.802. The fraction of sp³-hybridized carbons (Fsp3) is 0.167. The van der Waals surface area contributed by atoms with E-state index in [1.807, 2.05) is 18.2 Å². The molecule has 1 aromatic carbocycles. The second-order valence-electron chi connectivity index (χ2n) is 3.66. The predicted octanol–water partition coefficient (Wildman–Crippen LogP) is 3.15. The van der Waals surface area contributed by atoms with Crippen LogP contribution >= 0.6 is 23.2 Å². The number of hydrogen-bond acceptors (Lipinski definition) is 2. The summed E-state index contributed by atoms with van der Waals surface area (Å²) in [5.41, 5.74) is 1.20. The zero-order chi connectivity index (χ0) is 12.4. The Morgan fingerprint density at radius 1 is 1.29 bits per heavy atom. The highest BCUT2D eigenvalue weighted by atomic mass is 35.5. The molecule has 1 aromatic heterocycles. The molecule has 3 nitrogen and oxygen atoms in total. The maximum Gasteiger partial charge on any atom is 0.186 e. The smallest absolute Gasteiger partial charge is 0.186 e. The summed E-state index contributed by atoms with van der Waals surface area (Å²) in [5, 5.41) is 4.88. The van der Waals surface area contributed by atoms with E-state index in [2.05, 4.69) is 5.10 Å². The molecule has 17 heavy (non-hydrogen) atoms. The number of carbonyl (C=O) groups is 1. The fourth-order valence-corrected chi connectivity index (χ4v) is 2.10. The van der Waals surface area contributed by atoms with Gasteiger partial charge in [0.25, 0.3) is 0 Å². The van der Waals surface area contributed by atoms with Crippen molar-refractivity contribution in [2.45, 2.75) is 6.42 Å². The van der Waals surface area contributed by atoms with E-state index in [1.165, 1.54) is 10.9 Å². The van der Waals surface area contributed by atoms with Gasteiger partial charge in [-0.15, -0.1) is 0 Å². The SMILES string of the molecule is Cn1ncc(Cl)c1C(=O)Cc1ccccc1Cl. The van der Waals surface area contributed by atoms with E-state index >= 15 is 0 Å². The number of benzene rings is 1. The van der Waals surface area contributed by atoms with Crippen molar-refractivity contribution in [1.29, 1.82) is 0 Å². The summed E-state index contributed by atoms with van der Waals surface area (Å²) in [6.07, 6.45) is 1.68. The molecule has 0 atom stereocenters. The van der Waals surface area contributed by atoms with Crippen LogP contribution in [-0.2, 0) is 13.5 Å². The predicted molar refractivity (Wildman–Crippen MR) is 67.7 cm³/mol. The Morgan fingerprint density at radius 2 is 2.00 bits per heavy atom. The highest BCUT2D eigenvalue weighted by Gasteiger charge is 2.16. The van der Waals surface area contributed by atoms with Crippen LogP contribution < -0.4 is 0 Å². The van der Waals surface area contributed by atoms with Gasteiger partial charge in [0, 0.05) is 18.5 Å².